The van der Waals surface area contributed by atoms with Crippen molar-refractivity contribution in [3.05, 3.63) is 93.7 Å². The maximum atomic E-state index is 14.0. The Kier molecular flexibility index (Phi) is 10.6. The Morgan fingerprint density at radius 1 is 0.975 bits per heavy atom. The first-order valence-corrected chi connectivity index (χ1v) is 14.9. The molecule has 0 saturated carbocycles. The molecule has 1 atom stereocenters. The fraction of sp³-hybridized carbons (Fsp3) is 0.310. The number of nitrogens with zero attached hydrogens (tertiary/aromatic N) is 2. The summed E-state index contributed by atoms with van der Waals surface area (Å²) in [6, 6.07) is 15.1. The van der Waals surface area contributed by atoms with Crippen molar-refractivity contribution in [1.82, 2.24) is 10.2 Å². The number of sulfonamides is 1. The van der Waals surface area contributed by atoms with Gasteiger partial charge in [0, 0.05) is 12.6 Å². The van der Waals surface area contributed by atoms with Gasteiger partial charge < -0.3 is 10.2 Å². The van der Waals surface area contributed by atoms with Crippen molar-refractivity contribution in [2.45, 2.75) is 57.6 Å². The molecule has 0 radical (unpaired) electrons. The highest BCUT2D eigenvalue weighted by Crippen LogP contribution is 2.35. The van der Waals surface area contributed by atoms with Crippen LogP contribution in [0.25, 0.3) is 0 Å². The van der Waals surface area contributed by atoms with Gasteiger partial charge in [0.1, 0.15) is 18.4 Å². The van der Waals surface area contributed by atoms with Crippen LogP contribution in [-0.4, -0.2) is 43.8 Å². The Bertz CT molecular complexity index is 1450. The molecule has 0 heterocycles. The fourth-order valence-electron chi connectivity index (χ4n) is 4.12. The van der Waals surface area contributed by atoms with Gasteiger partial charge in [-0.2, -0.15) is 0 Å². The predicted molar refractivity (Wildman–Crippen MR) is 156 cm³/mol. The zero-order chi connectivity index (χ0) is 29.6. The van der Waals surface area contributed by atoms with E-state index in [9.17, 15) is 22.4 Å². The minimum atomic E-state index is -4.30. The molecule has 0 bridgehead atoms. The zero-order valence-electron chi connectivity index (χ0n) is 22.7. The second kappa shape index (κ2) is 13.5. The largest absolute Gasteiger partial charge is 0.352 e. The van der Waals surface area contributed by atoms with Gasteiger partial charge in [-0.1, -0.05) is 66.0 Å². The number of amides is 2. The smallest absolute Gasteiger partial charge is 0.264 e. The maximum absolute atomic E-state index is 14.0. The van der Waals surface area contributed by atoms with Gasteiger partial charge in [0.15, 0.2) is 0 Å². The number of carbonyl (C=O) groups is 2. The van der Waals surface area contributed by atoms with E-state index in [-0.39, 0.29) is 45.5 Å². The minimum absolute atomic E-state index is 0.0181. The summed E-state index contributed by atoms with van der Waals surface area (Å²) in [5, 5.41) is 2.90. The van der Waals surface area contributed by atoms with E-state index in [0.717, 1.165) is 9.87 Å². The maximum Gasteiger partial charge on any atom is 0.264 e. The van der Waals surface area contributed by atoms with Crippen molar-refractivity contribution in [2.24, 2.45) is 0 Å². The topological polar surface area (TPSA) is 86.8 Å². The first kappa shape index (κ1) is 31.4. The third-order valence-corrected chi connectivity index (χ3v) is 8.75. The lowest BCUT2D eigenvalue weighted by Gasteiger charge is -2.33. The Labute approximate surface area is 244 Å². The van der Waals surface area contributed by atoms with Gasteiger partial charge in [-0.05, 0) is 69.2 Å². The van der Waals surface area contributed by atoms with Crippen molar-refractivity contribution in [2.75, 3.05) is 10.8 Å². The quantitative estimate of drug-likeness (QED) is 0.291. The van der Waals surface area contributed by atoms with E-state index in [0.29, 0.717) is 5.56 Å². The summed E-state index contributed by atoms with van der Waals surface area (Å²) in [6.07, 6.45) is 0.258. The van der Waals surface area contributed by atoms with Gasteiger partial charge in [0.2, 0.25) is 11.8 Å². The molecule has 11 heteroatoms. The molecule has 40 heavy (non-hydrogen) atoms. The molecule has 0 spiro atoms. The van der Waals surface area contributed by atoms with Crippen molar-refractivity contribution < 1.29 is 22.4 Å². The molecule has 0 aromatic heterocycles. The Hall–Kier alpha value is -3.14. The molecular weight excluding hydrogens is 576 g/mol. The SMILES string of the molecule is CC[C@@H](C(=O)NC(C)C)N(Cc1ccc(F)cc1)C(=O)CN(c1cccc(Cl)c1Cl)S(=O)(=O)c1ccc(C)cc1. The van der Waals surface area contributed by atoms with E-state index < -0.39 is 34.3 Å². The van der Waals surface area contributed by atoms with Crippen molar-refractivity contribution in [3.63, 3.8) is 0 Å². The second-order valence-electron chi connectivity index (χ2n) is 9.63. The molecule has 1 N–H and O–H groups in total. The Morgan fingerprint density at radius 2 is 1.60 bits per heavy atom. The van der Waals surface area contributed by atoms with Crippen LogP contribution in [0.15, 0.2) is 71.6 Å². The van der Waals surface area contributed by atoms with E-state index in [1.165, 1.54) is 59.5 Å². The highest BCUT2D eigenvalue weighted by molar-refractivity contribution is 7.92. The molecule has 0 aliphatic carbocycles. The molecule has 7 nitrogen and oxygen atoms in total. The second-order valence-corrected chi connectivity index (χ2v) is 12.3. The van der Waals surface area contributed by atoms with Crippen molar-refractivity contribution in [3.8, 4) is 0 Å². The summed E-state index contributed by atoms with van der Waals surface area (Å²) in [4.78, 5) is 28.4. The van der Waals surface area contributed by atoms with Gasteiger partial charge in [-0.25, -0.2) is 12.8 Å². The van der Waals surface area contributed by atoms with Crippen LogP contribution in [0.4, 0.5) is 10.1 Å². The van der Waals surface area contributed by atoms with Crippen molar-refractivity contribution in [1.29, 1.82) is 0 Å². The summed E-state index contributed by atoms with van der Waals surface area (Å²) in [5.74, 6) is -1.49. The summed E-state index contributed by atoms with van der Waals surface area (Å²) in [6.45, 7) is 6.46. The van der Waals surface area contributed by atoms with E-state index >= 15 is 0 Å². The van der Waals surface area contributed by atoms with Crippen LogP contribution < -0.4 is 9.62 Å². The third kappa shape index (κ3) is 7.53. The molecule has 3 aromatic carbocycles. The predicted octanol–water partition coefficient (Wildman–Crippen LogP) is 5.97. The average Bonchev–Trinajstić information content (AvgIpc) is 2.89. The number of hydrogen-bond acceptors (Lipinski definition) is 4. The normalized spacial score (nSPS) is 12.2. The molecule has 3 aromatic rings. The highest BCUT2D eigenvalue weighted by atomic mass is 35.5. The van der Waals surface area contributed by atoms with Crippen LogP contribution in [-0.2, 0) is 26.2 Å². The molecule has 0 unspecified atom stereocenters. The van der Waals surface area contributed by atoms with Crippen LogP contribution in [0.2, 0.25) is 10.0 Å². The van der Waals surface area contributed by atoms with Crippen LogP contribution in [0.3, 0.4) is 0 Å². The fourth-order valence-corrected chi connectivity index (χ4v) is 6.00. The average molecular weight is 609 g/mol. The number of benzene rings is 3. The highest BCUT2D eigenvalue weighted by Gasteiger charge is 2.34. The van der Waals surface area contributed by atoms with Gasteiger partial charge in [0.25, 0.3) is 10.0 Å². The summed E-state index contributed by atoms with van der Waals surface area (Å²) >= 11 is 12.7. The molecular formula is C29H32Cl2FN3O4S. The number of rotatable bonds is 11. The van der Waals surface area contributed by atoms with Gasteiger partial charge in [-0.3, -0.25) is 13.9 Å². The third-order valence-electron chi connectivity index (χ3n) is 6.17. The number of aryl methyl sites for hydroxylation is 1. The van der Waals surface area contributed by atoms with Crippen LogP contribution >= 0.6 is 23.2 Å². The van der Waals surface area contributed by atoms with E-state index in [2.05, 4.69) is 5.32 Å². The van der Waals surface area contributed by atoms with Crippen LogP contribution in [0.1, 0.15) is 38.3 Å². The Balaban J connectivity index is 2.10. The lowest BCUT2D eigenvalue weighted by Crippen LogP contribution is -2.53. The molecule has 0 aliphatic heterocycles. The van der Waals surface area contributed by atoms with Crippen molar-refractivity contribution >= 4 is 50.7 Å². The number of carbonyl (C=O) groups excluding carboxylic acids is 2. The summed E-state index contributed by atoms with van der Waals surface area (Å²) in [7, 11) is -4.30. The first-order valence-electron chi connectivity index (χ1n) is 12.7. The van der Waals surface area contributed by atoms with E-state index in [1.807, 2.05) is 6.92 Å². The lowest BCUT2D eigenvalue weighted by molar-refractivity contribution is -0.140. The number of nitrogens with one attached hydrogen (secondary N) is 1. The minimum Gasteiger partial charge on any atom is -0.352 e. The number of halogens is 3. The molecule has 214 valence electrons. The molecule has 0 fully saturated rings. The number of hydrogen-bond donors (Lipinski definition) is 1. The van der Waals surface area contributed by atoms with Gasteiger partial charge >= 0.3 is 0 Å². The summed E-state index contributed by atoms with van der Waals surface area (Å²) in [5.41, 5.74) is 1.44. The monoisotopic (exact) mass is 607 g/mol. The molecule has 3 rings (SSSR count). The molecule has 0 saturated heterocycles. The van der Waals surface area contributed by atoms with Gasteiger partial charge in [0.05, 0.1) is 20.6 Å². The summed E-state index contributed by atoms with van der Waals surface area (Å²) < 4.78 is 42.3. The van der Waals surface area contributed by atoms with E-state index in [1.54, 1.807) is 32.9 Å². The molecule has 0 aliphatic rings. The van der Waals surface area contributed by atoms with E-state index in [4.69, 9.17) is 23.2 Å². The lowest BCUT2D eigenvalue weighted by atomic mass is 10.1. The Morgan fingerprint density at radius 3 is 2.17 bits per heavy atom. The zero-order valence-corrected chi connectivity index (χ0v) is 25.0. The standard InChI is InChI=1S/C29H32Cl2FN3O4S/c1-5-25(29(37)33-19(2)3)34(17-21-11-13-22(32)14-12-21)27(36)18-35(26-8-6-7-24(30)28(26)31)40(38,39)23-15-9-20(4)10-16-23/h6-16,19,25H,5,17-18H2,1-4H3,(H,33,37)/t25-/m0/s1. The first-order chi connectivity index (χ1) is 18.8. The van der Waals surface area contributed by atoms with Crippen LogP contribution in [0.5, 0.6) is 0 Å². The molecule has 2 amide bonds. The number of anilines is 1. The van der Waals surface area contributed by atoms with Crippen LogP contribution in [0, 0.1) is 12.7 Å². The van der Waals surface area contributed by atoms with Gasteiger partial charge in [-0.15, -0.1) is 0 Å².